The Morgan fingerprint density at radius 3 is 2.33 bits per heavy atom. The van der Waals surface area contributed by atoms with Gasteiger partial charge in [0.15, 0.2) is 0 Å². The Balaban J connectivity index is 1.58. The second kappa shape index (κ2) is 11.0. The lowest BCUT2D eigenvalue weighted by molar-refractivity contribution is -0.114. The number of carbonyl (C=O) groups is 1. The third-order valence-electron chi connectivity index (χ3n) is 4.89. The minimum Gasteiger partial charge on any atom is -0.494 e. The molecule has 0 bridgehead atoms. The maximum Gasteiger partial charge on any atom is 0.264 e. The number of aromatic nitrogens is 2. The number of nitrogens with zero attached hydrogens (tertiary/aromatic N) is 3. The predicted octanol–water partition coefficient (Wildman–Crippen LogP) is 5.23. The van der Waals surface area contributed by atoms with Crippen molar-refractivity contribution in [3.05, 3.63) is 83.6 Å². The van der Waals surface area contributed by atoms with Crippen LogP contribution >= 0.6 is 22.9 Å². The number of amides is 1. The first-order valence-corrected chi connectivity index (χ1v) is 13.3. The fourth-order valence-corrected chi connectivity index (χ4v) is 5.51. The Hall–Kier alpha value is -3.54. The van der Waals surface area contributed by atoms with Gasteiger partial charge in [0, 0.05) is 10.6 Å². The number of sulfonamides is 1. The number of hydrogen-bond donors (Lipinski definition) is 1. The zero-order valence-corrected chi connectivity index (χ0v) is 21.3. The van der Waals surface area contributed by atoms with Crippen molar-refractivity contribution in [2.45, 2.75) is 11.8 Å². The number of ether oxygens (including phenoxy) is 1. The van der Waals surface area contributed by atoms with Crippen molar-refractivity contribution < 1.29 is 22.3 Å². The Labute approximate surface area is 216 Å². The molecule has 4 rings (SSSR count). The highest BCUT2D eigenvalue weighted by molar-refractivity contribution is 7.92. The number of nitrogens with one attached hydrogen (secondary N) is 1. The molecule has 0 aliphatic heterocycles. The summed E-state index contributed by atoms with van der Waals surface area (Å²) in [5.74, 6) is -0.658. The number of halogens is 2. The average molecular weight is 547 g/mol. The molecular formula is C24H20ClFN4O4S2. The lowest BCUT2D eigenvalue weighted by Crippen LogP contribution is -2.38. The molecule has 36 heavy (non-hydrogen) atoms. The quantitative estimate of drug-likeness (QED) is 0.308. The van der Waals surface area contributed by atoms with E-state index in [0.29, 0.717) is 22.4 Å². The molecule has 0 fully saturated rings. The molecule has 3 aromatic carbocycles. The van der Waals surface area contributed by atoms with E-state index in [-0.39, 0.29) is 15.7 Å². The van der Waals surface area contributed by atoms with Crippen LogP contribution < -0.4 is 14.4 Å². The van der Waals surface area contributed by atoms with E-state index in [9.17, 15) is 17.6 Å². The van der Waals surface area contributed by atoms with Crippen molar-refractivity contribution >= 4 is 49.7 Å². The van der Waals surface area contributed by atoms with Gasteiger partial charge in [0.2, 0.25) is 11.0 Å². The van der Waals surface area contributed by atoms with E-state index in [1.165, 1.54) is 12.1 Å². The highest BCUT2D eigenvalue weighted by atomic mass is 35.5. The monoisotopic (exact) mass is 546 g/mol. The van der Waals surface area contributed by atoms with E-state index in [4.69, 9.17) is 16.3 Å². The van der Waals surface area contributed by atoms with Gasteiger partial charge in [-0.05, 0) is 67.6 Å². The van der Waals surface area contributed by atoms with Crippen LogP contribution in [-0.2, 0) is 14.8 Å². The van der Waals surface area contributed by atoms with E-state index in [2.05, 4.69) is 15.5 Å². The Morgan fingerprint density at radius 1 is 1.03 bits per heavy atom. The number of anilines is 2. The first kappa shape index (κ1) is 25.5. The lowest BCUT2D eigenvalue weighted by atomic mass is 10.2. The number of hydrogen-bond acceptors (Lipinski definition) is 7. The molecule has 0 spiro atoms. The van der Waals surface area contributed by atoms with Crippen LogP contribution in [0.1, 0.15) is 6.92 Å². The smallest absolute Gasteiger partial charge is 0.264 e. The standard InChI is InChI=1S/C24H20ClFN4O4S2/c1-2-34-20-11-9-19(10-12-20)30(36(32,33)21-13-7-18(26)8-14-21)15-22(31)27-24-29-28-23(35-24)16-3-5-17(25)6-4-16/h3-14H,2,15H2,1H3,(H,27,29,31). The Morgan fingerprint density at radius 2 is 1.69 bits per heavy atom. The van der Waals surface area contributed by atoms with Gasteiger partial charge in [0.1, 0.15) is 23.1 Å². The largest absolute Gasteiger partial charge is 0.494 e. The van der Waals surface area contributed by atoms with Gasteiger partial charge in [0.05, 0.1) is 17.2 Å². The normalized spacial score (nSPS) is 11.2. The summed E-state index contributed by atoms with van der Waals surface area (Å²) in [5, 5.41) is 12.0. The molecule has 0 atom stereocenters. The van der Waals surface area contributed by atoms with E-state index < -0.39 is 28.3 Å². The van der Waals surface area contributed by atoms with Crippen LogP contribution in [0.4, 0.5) is 15.2 Å². The average Bonchev–Trinajstić information content (AvgIpc) is 3.32. The van der Waals surface area contributed by atoms with Crippen molar-refractivity contribution in [3.63, 3.8) is 0 Å². The molecule has 1 aromatic heterocycles. The summed E-state index contributed by atoms with van der Waals surface area (Å²) in [5.41, 5.74) is 1.00. The van der Waals surface area contributed by atoms with Crippen LogP contribution in [0.25, 0.3) is 10.6 Å². The highest BCUT2D eigenvalue weighted by Gasteiger charge is 2.28. The van der Waals surface area contributed by atoms with E-state index in [1.54, 1.807) is 36.4 Å². The Bertz CT molecular complexity index is 1440. The zero-order valence-electron chi connectivity index (χ0n) is 18.9. The molecule has 1 amide bonds. The van der Waals surface area contributed by atoms with Gasteiger partial charge >= 0.3 is 0 Å². The SMILES string of the molecule is CCOc1ccc(N(CC(=O)Nc2nnc(-c3ccc(Cl)cc3)s2)S(=O)(=O)c2ccc(F)cc2)cc1. The summed E-state index contributed by atoms with van der Waals surface area (Å²) < 4.78 is 46.6. The molecule has 12 heteroatoms. The molecular weight excluding hydrogens is 527 g/mol. The van der Waals surface area contributed by atoms with E-state index >= 15 is 0 Å². The summed E-state index contributed by atoms with van der Waals surface area (Å²) in [6, 6.07) is 17.6. The van der Waals surface area contributed by atoms with Crippen molar-refractivity contribution in [1.29, 1.82) is 0 Å². The van der Waals surface area contributed by atoms with Gasteiger partial charge < -0.3 is 4.74 Å². The fraction of sp³-hybridized carbons (Fsp3) is 0.125. The summed E-state index contributed by atoms with van der Waals surface area (Å²) >= 11 is 7.05. The van der Waals surface area contributed by atoms with Gasteiger partial charge in [-0.25, -0.2) is 12.8 Å². The maximum absolute atomic E-state index is 13.4. The summed E-state index contributed by atoms with van der Waals surface area (Å²) in [6.07, 6.45) is 0. The molecule has 0 unspecified atom stereocenters. The van der Waals surface area contributed by atoms with Crippen LogP contribution in [0.15, 0.2) is 77.7 Å². The molecule has 0 aliphatic carbocycles. The minimum atomic E-state index is -4.21. The molecule has 1 heterocycles. The van der Waals surface area contributed by atoms with Crippen LogP contribution in [0.3, 0.4) is 0 Å². The molecule has 0 saturated heterocycles. The third kappa shape index (κ3) is 5.99. The molecule has 186 valence electrons. The number of carbonyl (C=O) groups excluding carboxylic acids is 1. The minimum absolute atomic E-state index is 0.161. The summed E-state index contributed by atoms with van der Waals surface area (Å²) in [4.78, 5) is 12.7. The van der Waals surface area contributed by atoms with E-state index in [0.717, 1.165) is 45.5 Å². The summed E-state index contributed by atoms with van der Waals surface area (Å²) in [7, 11) is -4.21. The first-order chi connectivity index (χ1) is 17.3. The molecule has 1 N–H and O–H groups in total. The molecule has 0 saturated carbocycles. The topological polar surface area (TPSA) is 101 Å². The highest BCUT2D eigenvalue weighted by Crippen LogP contribution is 2.29. The lowest BCUT2D eigenvalue weighted by Gasteiger charge is -2.24. The van der Waals surface area contributed by atoms with Crippen molar-refractivity contribution in [2.24, 2.45) is 0 Å². The second-order valence-corrected chi connectivity index (χ2v) is 10.6. The van der Waals surface area contributed by atoms with Crippen molar-refractivity contribution in [2.75, 3.05) is 22.8 Å². The van der Waals surface area contributed by atoms with Crippen molar-refractivity contribution in [3.8, 4) is 16.3 Å². The van der Waals surface area contributed by atoms with Gasteiger partial charge in [-0.15, -0.1) is 10.2 Å². The van der Waals surface area contributed by atoms with Crippen molar-refractivity contribution in [1.82, 2.24) is 10.2 Å². The van der Waals surface area contributed by atoms with Crippen LogP contribution in [0, 0.1) is 5.82 Å². The predicted molar refractivity (Wildman–Crippen MR) is 138 cm³/mol. The van der Waals surface area contributed by atoms with Crippen LogP contribution in [0.2, 0.25) is 5.02 Å². The van der Waals surface area contributed by atoms with Gasteiger partial charge in [-0.3, -0.25) is 14.4 Å². The maximum atomic E-state index is 13.4. The fourth-order valence-electron chi connectivity index (χ4n) is 3.20. The first-order valence-electron chi connectivity index (χ1n) is 10.7. The third-order valence-corrected chi connectivity index (χ3v) is 7.81. The zero-order chi connectivity index (χ0) is 25.7. The van der Waals surface area contributed by atoms with Gasteiger partial charge in [-0.1, -0.05) is 35.1 Å². The molecule has 0 aliphatic rings. The number of rotatable bonds is 9. The van der Waals surface area contributed by atoms with E-state index in [1.807, 2.05) is 6.92 Å². The summed E-state index contributed by atoms with van der Waals surface area (Å²) in [6.45, 7) is 1.72. The number of benzene rings is 3. The Kier molecular flexibility index (Phi) is 7.82. The van der Waals surface area contributed by atoms with Gasteiger partial charge in [0.25, 0.3) is 10.0 Å². The molecule has 8 nitrogen and oxygen atoms in total. The molecule has 4 aromatic rings. The second-order valence-electron chi connectivity index (χ2n) is 7.36. The molecule has 0 radical (unpaired) electrons. The van der Waals surface area contributed by atoms with Crippen LogP contribution in [0.5, 0.6) is 5.75 Å². The van der Waals surface area contributed by atoms with Crippen LogP contribution in [-0.4, -0.2) is 37.7 Å². The van der Waals surface area contributed by atoms with Gasteiger partial charge in [-0.2, -0.15) is 0 Å².